The van der Waals surface area contributed by atoms with Crippen LogP contribution in [0.5, 0.6) is 0 Å². The van der Waals surface area contributed by atoms with Crippen molar-refractivity contribution in [2.75, 3.05) is 13.7 Å². The maximum Gasteiger partial charge on any atom is 0.249 e. The first kappa shape index (κ1) is 15.2. The second-order valence-corrected chi connectivity index (χ2v) is 6.34. The van der Waals surface area contributed by atoms with E-state index in [0.29, 0.717) is 24.7 Å². The van der Waals surface area contributed by atoms with Crippen molar-refractivity contribution in [1.29, 1.82) is 0 Å². The van der Waals surface area contributed by atoms with Crippen molar-refractivity contribution in [1.82, 2.24) is 15.0 Å². The minimum atomic E-state index is -0.209. The summed E-state index contributed by atoms with van der Waals surface area (Å²) >= 11 is 1.60. The summed E-state index contributed by atoms with van der Waals surface area (Å²) in [5, 5.41) is 7.84. The molecule has 2 aromatic heterocycles. The lowest BCUT2D eigenvalue weighted by Gasteiger charge is -2.24. The molecular formula is C15H19N3O3S. The number of methoxy groups -OCH3 is 1. The zero-order chi connectivity index (χ0) is 15.7. The Hall–Kier alpha value is -1.73. The van der Waals surface area contributed by atoms with E-state index < -0.39 is 0 Å². The van der Waals surface area contributed by atoms with Gasteiger partial charge in [0.05, 0.1) is 12.0 Å². The van der Waals surface area contributed by atoms with E-state index in [4.69, 9.17) is 9.26 Å². The highest BCUT2D eigenvalue weighted by Gasteiger charge is 2.41. The number of ether oxygens (including phenoxy) is 1. The molecule has 0 unspecified atom stereocenters. The van der Waals surface area contributed by atoms with Gasteiger partial charge in [0, 0.05) is 20.1 Å². The van der Waals surface area contributed by atoms with Crippen molar-refractivity contribution in [3.8, 4) is 0 Å². The Morgan fingerprint density at radius 1 is 1.59 bits per heavy atom. The molecule has 22 heavy (non-hydrogen) atoms. The van der Waals surface area contributed by atoms with Crippen molar-refractivity contribution in [2.24, 2.45) is 0 Å². The molecule has 0 aliphatic carbocycles. The van der Waals surface area contributed by atoms with E-state index in [1.807, 2.05) is 28.7 Å². The van der Waals surface area contributed by atoms with Crippen molar-refractivity contribution >= 4 is 17.2 Å². The molecule has 2 aromatic rings. The van der Waals surface area contributed by atoms with Crippen molar-refractivity contribution < 1.29 is 14.1 Å². The summed E-state index contributed by atoms with van der Waals surface area (Å²) in [6, 6.07) is 1.78. The summed E-state index contributed by atoms with van der Waals surface area (Å²) in [6.45, 7) is 4.26. The molecule has 0 saturated carbocycles. The Bertz CT molecular complexity index is 640. The molecule has 0 N–H and O–H groups in total. The molecule has 3 atom stereocenters. The van der Waals surface area contributed by atoms with Gasteiger partial charge in [-0.15, -0.1) is 0 Å². The van der Waals surface area contributed by atoms with Crippen LogP contribution < -0.4 is 0 Å². The lowest BCUT2D eigenvalue weighted by molar-refractivity contribution is -0.134. The number of thiophene rings is 1. The second kappa shape index (κ2) is 6.18. The van der Waals surface area contributed by atoms with E-state index in [1.54, 1.807) is 25.4 Å². The van der Waals surface area contributed by atoms with Crippen LogP contribution in [0.15, 0.2) is 21.3 Å². The van der Waals surface area contributed by atoms with Gasteiger partial charge in [0.2, 0.25) is 11.8 Å². The van der Waals surface area contributed by atoms with Crippen LogP contribution in [-0.4, -0.2) is 40.7 Å². The lowest BCUT2D eigenvalue weighted by Crippen LogP contribution is -2.35. The molecule has 1 aliphatic heterocycles. The van der Waals surface area contributed by atoms with Crippen LogP contribution in [0, 0.1) is 6.92 Å². The molecule has 0 aromatic carbocycles. The van der Waals surface area contributed by atoms with Gasteiger partial charge in [-0.1, -0.05) is 5.16 Å². The van der Waals surface area contributed by atoms with Crippen LogP contribution in [0.1, 0.15) is 42.6 Å². The molecule has 1 amide bonds. The van der Waals surface area contributed by atoms with Gasteiger partial charge >= 0.3 is 0 Å². The number of rotatable bonds is 4. The SMILES string of the molecule is CO[C@@H]1C[C@H](c2nc(C)no2)N(C(=O)[C@H](C)c2ccsc2)C1. The lowest BCUT2D eigenvalue weighted by atomic mass is 10.0. The van der Waals surface area contributed by atoms with Crippen molar-refractivity contribution in [3.63, 3.8) is 0 Å². The Kier molecular flexibility index (Phi) is 4.26. The predicted molar refractivity (Wildman–Crippen MR) is 81.6 cm³/mol. The van der Waals surface area contributed by atoms with Crippen LogP contribution >= 0.6 is 11.3 Å². The monoisotopic (exact) mass is 321 g/mol. The largest absolute Gasteiger partial charge is 0.380 e. The Balaban J connectivity index is 1.84. The van der Waals surface area contributed by atoms with Gasteiger partial charge in [-0.25, -0.2) is 0 Å². The quantitative estimate of drug-likeness (QED) is 0.865. The molecule has 6 nitrogen and oxygen atoms in total. The standard InChI is InChI=1S/C15H19N3O3S/c1-9(11-4-5-22-8-11)15(19)18-7-12(20-3)6-13(18)14-16-10(2)17-21-14/h4-5,8-9,12-13H,6-7H2,1-3H3/t9-,12-,13-/m1/s1. The van der Waals surface area contributed by atoms with E-state index in [-0.39, 0.29) is 24.0 Å². The van der Waals surface area contributed by atoms with Gasteiger partial charge in [0.1, 0.15) is 6.04 Å². The van der Waals surface area contributed by atoms with Gasteiger partial charge in [0.15, 0.2) is 5.82 Å². The summed E-state index contributed by atoms with van der Waals surface area (Å²) in [4.78, 5) is 19.0. The van der Waals surface area contributed by atoms with Gasteiger partial charge in [-0.3, -0.25) is 4.79 Å². The van der Waals surface area contributed by atoms with Gasteiger partial charge in [-0.05, 0) is 36.2 Å². The number of hydrogen-bond donors (Lipinski definition) is 0. The van der Waals surface area contributed by atoms with Crippen LogP contribution in [0.2, 0.25) is 0 Å². The molecule has 0 radical (unpaired) electrons. The fraction of sp³-hybridized carbons (Fsp3) is 0.533. The van der Waals surface area contributed by atoms with E-state index in [1.165, 1.54) is 0 Å². The zero-order valence-corrected chi connectivity index (χ0v) is 13.7. The van der Waals surface area contributed by atoms with Gasteiger partial charge < -0.3 is 14.2 Å². The maximum atomic E-state index is 12.9. The highest BCUT2D eigenvalue weighted by Crippen LogP contribution is 2.35. The third-order valence-corrected chi connectivity index (χ3v) is 4.82. The summed E-state index contributed by atoms with van der Waals surface area (Å²) < 4.78 is 10.7. The smallest absolute Gasteiger partial charge is 0.249 e. The average Bonchev–Trinajstić information content (AvgIpc) is 3.25. The summed E-state index contributed by atoms with van der Waals surface area (Å²) in [5.41, 5.74) is 1.04. The van der Waals surface area contributed by atoms with Crippen molar-refractivity contribution in [2.45, 2.75) is 38.3 Å². The minimum Gasteiger partial charge on any atom is -0.380 e. The first-order valence-electron chi connectivity index (χ1n) is 7.25. The molecule has 118 valence electrons. The zero-order valence-electron chi connectivity index (χ0n) is 12.9. The first-order valence-corrected chi connectivity index (χ1v) is 8.20. The van der Waals surface area contributed by atoms with E-state index in [2.05, 4.69) is 10.1 Å². The van der Waals surface area contributed by atoms with E-state index in [9.17, 15) is 4.79 Å². The third-order valence-electron chi connectivity index (χ3n) is 4.12. The Morgan fingerprint density at radius 3 is 3.00 bits per heavy atom. The van der Waals surface area contributed by atoms with Gasteiger partial charge in [0.25, 0.3) is 0 Å². The number of hydrogen-bond acceptors (Lipinski definition) is 6. The molecule has 0 bridgehead atoms. The fourth-order valence-corrected chi connectivity index (χ4v) is 3.56. The Labute approximate surface area is 133 Å². The summed E-state index contributed by atoms with van der Waals surface area (Å²) in [7, 11) is 1.66. The minimum absolute atomic E-state index is 0.00386. The van der Waals surface area contributed by atoms with Crippen LogP contribution in [-0.2, 0) is 9.53 Å². The molecular weight excluding hydrogens is 302 g/mol. The summed E-state index contributed by atoms with van der Waals surface area (Å²) in [5.74, 6) is 0.948. The molecule has 1 fully saturated rings. The third kappa shape index (κ3) is 2.78. The number of carbonyl (C=O) groups is 1. The highest BCUT2D eigenvalue weighted by atomic mass is 32.1. The molecule has 3 rings (SSSR count). The van der Waals surface area contributed by atoms with Crippen LogP contribution in [0.3, 0.4) is 0 Å². The van der Waals surface area contributed by atoms with Gasteiger partial charge in [-0.2, -0.15) is 16.3 Å². The Morgan fingerprint density at radius 2 is 2.41 bits per heavy atom. The van der Waals surface area contributed by atoms with E-state index >= 15 is 0 Å². The number of likely N-dealkylation sites (tertiary alicyclic amines) is 1. The predicted octanol–water partition coefficient (Wildman–Crippen LogP) is 2.53. The number of amides is 1. The van der Waals surface area contributed by atoms with E-state index in [0.717, 1.165) is 5.56 Å². The molecule has 0 spiro atoms. The van der Waals surface area contributed by atoms with Crippen LogP contribution in [0.4, 0.5) is 0 Å². The number of aryl methyl sites for hydroxylation is 1. The summed E-state index contributed by atoms with van der Waals surface area (Å²) in [6.07, 6.45) is 0.677. The maximum absolute atomic E-state index is 12.9. The molecule has 1 saturated heterocycles. The van der Waals surface area contributed by atoms with Crippen LogP contribution in [0.25, 0.3) is 0 Å². The topological polar surface area (TPSA) is 68.5 Å². The second-order valence-electron chi connectivity index (χ2n) is 5.56. The molecule has 1 aliphatic rings. The molecule has 7 heteroatoms. The number of carbonyl (C=O) groups excluding carboxylic acids is 1. The average molecular weight is 321 g/mol. The number of nitrogens with zero attached hydrogens (tertiary/aromatic N) is 3. The normalized spacial score (nSPS) is 23.0. The molecule has 3 heterocycles. The highest BCUT2D eigenvalue weighted by molar-refractivity contribution is 7.08. The van der Waals surface area contributed by atoms with Crippen molar-refractivity contribution in [3.05, 3.63) is 34.1 Å². The first-order chi connectivity index (χ1) is 10.6. The number of aromatic nitrogens is 2. The fourth-order valence-electron chi connectivity index (χ4n) is 2.81.